The summed E-state index contributed by atoms with van der Waals surface area (Å²) in [4.78, 5) is 5.02. The monoisotopic (exact) mass is 362 g/mol. The number of benzene rings is 2. The molecule has 27 heavy (non-hydrogen) atoms. The molecule has 142 valence electrons. The van der Waals surface area contributed by atoms with Crippen molar-refractivity contribution in [1.29, 1.82) is 0 Å². The molecular weight excluding hydrogens is 332 g/mol. The van der Waals surface area contributed by atoms with Gasteiger partial charge >= 0.3 is 0 Å². The van der Waals surface area contributed by atoms with Crippen molar-refractivity contribution in [2.45, 2.75) is 64.3 Å². The van der Waals surface area contributed by atoms with Gasteiger partial charge < -0.3 is 9.30 Å². The van der Waals surface area contributed by atoms with Gasteiger partial charge in [-0.2, -0.15) is 0 Å². The van der Waals surface area contributed by atoms with E-state index in [1.54, 1.807) is 0 Å². The van der Waals surface area contributed by atoms with Gasteiger partial charge in [0.1, 0.15) is 11.6 Å². The normalized spacial score (nSPS) is 15.3. The quantitative estimate of drug-likeness (QED) is 0.464. The van der Waals surface area contributed by atoms with Gasteiger partial charge in [-0.25, -0.2) is 4.98 Å². The fourth-order valence-electron chi connectivity index (χ4n) is 4.20. The van der Waals surface area contributed by atoms with Gasteiger partial charge in [-0.05, 0) is 56.9 Å². The first-order valence-corrected chi connectivity index (χ1v) is 10.5. The summed E-state index contributed by atoms with van der Waals surface area (Å²) < 4.78 is 8.37. The maximum Gasteiger partial charge on any atom is 0.119 e. The number of hydrogen-bond donors (Lipinski definition) is 0. The Morgan fingerprint density at radius 3 is 2.56 bits per heavy atom. The van der Waals surface area contributed by atoms with Gasteiger partial charge in [0, 0.05) is 12.5 Å². The summed E-state index contributed by atoms with van der Waals surface area (Å²) in [7, 11) is 0. The fourth-order valence-corrected chi connectivity index (χ4v) is 4.20. The van der Waals surface area contributed by atoms with E-state index in [1.165, 1.54) is 49.0 Å². The number of nitrogens with zero attached hydrogens (tertiary/aromatic N) is 2. The second-order valence-electron chi connectivity index (χ2n) is 7.81. The van der Waals surface area contributed by atoms with Crippen molar-refractivity contribution in [2.24, 2.45) is 0 Å². The lowest BCUT2D eigenvalue weighted by Gasteiger charge is -2.22. The highest BCUT2D eigenvalue weighted by Gasteiger charge is 2.22. The molecule has 0 unspecified atom stereocenters. The molecule has 0 spiro atoms. The highest BCUT2D eigenvalue weighted by Crippen LogP contribution is 2.34. The zero-order valence-corrected chi connectivity index (χ0v) is 16.4. The third-order valence-corrected chi connectivity index (χ3v) is 5.72. The lowest BCUT2D eigenvalue weighted by molar-refractivity contribution is 0.302. The molecule has 0 bridgehead atoms. The molecule has 1 aliphatic rings. The van der Waals surface area contributed by atoms with Crippen LogP contribution in [0.15, 0.2) is 48.5 Å². The van der Waals surface area contributed by atoms with E-state index in [4.69, 9.17) is 9.72 Å². The number of rotatable bonds is 7. The van der Waals surface area contributed by atoms with Gasteiger partial charge in [0.15, 0.2) is 0 Å². The van der Waals surface area contributed by atoms with Gasteiger partial charge in [0.05, 0.1) is 17.6 Å². The average molecular weight is 363 g/mol. The van der Waals surface area contributed by atoms with Gasteiger partial charge in [0.25, 0.3) is 0 Å². The highest BCUT2D eigenvalue weighted by molar-refractivity contribution is 5.76. The first kappa shape index (κ1) is 18.1. The van der Waals surface area contributed by atoms with Crippen LogP contribution in [0.2, 0.25) is 0 Å². The minimum Gasteiger partial charge on any atom is -0.494 e. The van der Waals surface area contributed by atoms with Gasteiger partial charge in [-0.15, -0.1) is 0 Å². The van der Waals surface area contributed by atoms with Gasteiger partial charge in [-0.1, -0.05) is 49.1 Å². The molecule has 0 atom stereocenters. The van der Waals surface area contributed by atoms with Crippen LogP contribution < -0.4 is 4.74 Å². The highest BCUT2D eigenvalue weighted by atomic mass is 16.5. The second-order valence-corrected chi connectivity index (χ2v) is 7.81. The van der Waals surface area contributed by atoms with E-state index in [-0.39, 0.29) is 0 Å². The van der Waals surface area contributed by atoms with Crippen LogP contribution in [0.3, 0.4) is 0 Å². The molecule has 0 N–H and O–H groups in total. The Morgan fingerprint density at radius 1 is 0.963 bits per heavy atom. The number of imidazole rings is 1. The van der Waals surface area contributed by atoms with Crippen molar-refractivity contribution in [3.63, 3.8) is 0 Å². The third-order valence-electron chi connectivity index (χ3n) is 5.72. The third kappa shape index (κ3) is 4.35. The first-order chi connectivity index (χ1) is 13.3. The number of aryl methyl sites for hydroxylation is 2. The van der Waals surface area contributed by atoms with Crippen molar-refractivity contribution in [3.05, 3.63) is 59.9 Å². The van der Waals surface area contributed by atoms with Crippen LogP contribution in [0.1, 0.15) is 62.3 Å². The molecule has 3 nitrogen and oxygen atoms in total. The Bertz CT molecular complexity index is 860. The molecule has 1 heterocycles. The van der Waals surface area contributed by atoms with Crippen molar-refractivity contribution in [3.8, 4) is 5.75 Å². The summed E-state index contributed by atoms with van der Waals surface area (Å²) in [6, 6.07) is 16.9. The van der Waals surface area contributed by atoms with Crippen LogP contribution in [-0.2, 0) is 6.54 Å². The number of unbranched alkanes of at least 4 members (excludes halogenated alkanes) is 1. The standard InChI is InChI=1S/C24H30N2O/c1-19-13-15-21(16-14-19)27-18-8-7-17-26-23-12-6-5-11-22(23)25-24(26)20-9-3-2-4-10-20/h5-6,11-16,20H,2-4,7-10,17-18H2,1H3. The summed E-state index contributed by atoms with van der Waals surface area (Å²) in [5, 5.41) is 0. The maximum atomic E-state index is 5.89. The SMILES string of the molecule is Cc1ccc(OCCCCn2c(C3CCCCC3)nc3ccccc32)cc1. The predicted molar refractivity (Wildman–Crippen MR) is 111 cm³/mol. The molecule has 0 saturated heterocycles. The second kappa shape index (κ2) is 8.60. The molecule has 0 radical (unpaired) electrons. The van der Waals surface area contributed by atoms with E-state index in [0.29, 0.717) is 5.92 Å². The molecule has 1 fully saturated rings. The van der Waals surface area contributed by atoms with Crippen molar-refractivity contribution in [2.75, 3.05) is 6.61 Å². The lowest BCUT2D eigenvalue weighted by Crippen LogP contribution is -2.13. The topological polar surface area (TPSA) is 27.1 Å². The van der Waals surface area contributed by atoms with E-state index in [9.17, 15) is 0 Å². The van der Waals surface area contributed by atoms with Crippen LogP contribution in [0.5, 0.6) is 5.75 Å². The number of fused-ring (bicyclic) bond motifs is 1. The summed E-state index contributed by atoms with van der Waals surface area (Å²) in [6.45, 7) is 3.90. The van der Waals surface area contributed by atoms with E-state index < -0.39 is 0 Å². The summed E-state index contributed by atoms with van der Waals surface area (Å²) >= 11 is 0. The number of ether oxygens (including phenoxy) is 1. The first-order valence-electron chi connectivity index (χ1n) is 10.5. The molecule has 1 aliphatic carbocycles. The molecule has 2 aromatic carbocycles. The van der Waals surface area contributed by atoms with E-state index >= 15 is 0 Å². The Morgan fingerprint density at radius 2 is 1.74 bits per heavy atom. The smallest absolute Gasteiger partial charge is 0.119 e. The van der Waals surface area contributed by atoms with Gasteiger partial charge in [-0.3, -0.25) is 0 Å². The minimum absolute atomic E-state index is 0.634. The molecule has 3 aromatic rings. The summed E-state index contributed by atoms with van der Waals surface area (Å²) in [5.74, 6) is 2.92. The Balaban J connectivity index is 1.39. The molecular formula is C24H30N2O. The van der Waals surface area contributed by atoms with Gasteiger partial charge in [0.2, 0.25) is 0 Å². The molecule has 3 heteroatoms. The van der Waals surface area contributed by atoms with Crippen LogP contribution in [0, 0.1) is 6.92 Å². The zero-order valence-electron chi connectivity index (χ0n) is 16.4. The van der Waals surface area contributed by atoms with Crippen molar-refractivity contribution in [1.82, 2.24) is 9.55 Å². The zero-order chi connectivity index (χ0) is 18.5. The number of aromatic nitrogens is 2. The Labute approximate surface area is 162 Å². The molecule has 0 aliphatic heterocycles. The maximum absolute atomic E-state index is 5.89. The summed E-state index contributed by atoms with van der Waals surface area (Å²) in [6.07, 6.45) is 8.83. The lowest BCUT2D eigenvalue weighted by atomic mass is 9.88. The van der Waals surface area contributed by atoms with E-state index in [2.05, 4.69) is 60.0 Å². The summed E-state index contributed by atoms with van der Waals surface area (Å²) in [5.41, 5.74) is 3.70. The fraction of sp³-hybridized carbons (Fsp3) is 0.458. The van der Waals surface area contributed by atoms with Crippen LogP contribution in [0.4, 0.5) is 0 Å². The average Bonchev–Trinajstić information content (AvgIpc) is 3.08. The van der Waals surface area contributed by atoms with Crippen LogP contribution in [-0.4, -0.2) is 16.2 Å². The number of hydrogen-bond acceptors (Lipinski definition) is 2. The van der Waals surface area contributed by atoms with E-state index in [1.807, 2.05) is 0 Å². The minimum atomic E-state index is 0.634. The number of para-hydroxylation sites is 2. The van der Waals surface area contributed by atoms with Crippen LogP contribution in [0.25, 0.3) is 11.0 Å². The molecule has 1 aromatic heterocycles. The molecule has 4 rings (SSSR count). The Kier molecular flexibility index (Phi) is 5.76. The van der Waals surface area contributed by atoms with E-state index in [0.717, 1.165) is 37.3 Å². The molecule has 1 saturated carbocycles. The molecule has 0 amide bonds. The van der Waals surface area contributed by atoms with Crippen molar-refractivity contribution < 1.29 is 4.74 Å². The Hall–Kier alpha value is -2.29. The largest absolute Gasteiger partial charge is 0.494 e. The predicted octanol–water partition coefficient (Wildman–Crippen LogP) is 6.25. The van der Waals surface area contributed by atoms with Crippen molar-refractivity contribution >= 4 is 11.0 Å². The van der Waals surface area contributed by atoms with Crippen LogP contribution >= 0.6 is 0 Å².